The number of nitrogens with two attached hydrogens (primary N) is 1. The second-order valence-corrected chi connectivity index (χ2v) is 5.13. The van der Waals surface area contributed by atoms with Crippen LogP contribution in [0.1, 0.15) is 50.9 Å². The third-order valence-electron chi connectivity index (χ3n) is 3.89. The third kappa shape index (κ3) is 3.41. The van der Waals surface area contributed by atoms with Crippen LogP contribution in [0.2, 0.25) is 0 Å². The summed E-state index contributed by atoms with van der Waals surface area (Å²) >= 11 is 0. The van der Waals surface area contributed by atoms with Crippen molar-refractivity contribution < 1.29 is 4.74 Å². The molecule has 2 unspecified atom stereocenters. The summed E-state index contributed by atoms with van der Waals surface area (Å²) in [5, 5.41) is 8.31. The van der Waals surface area contributed by atoms with E-state index in [1.54, 1.807) is 0 Å². The molecule has 2 atom stereocenters. The molecule has 0 aromatic carbocycles. The Morgan fingerprint density at radius 1 is 1.11 bits per heavy atom. The van der Waals surface area contributed by atoms with Crippen molar-refractivity contribution in [3.63, 3.8) is 0 Å². The summed E-state index contributed by atoms with van der Waals surface area (Å²) in [4.78, 5) is 4.49. The third-order valence-corrected chi connectivity index (χ3v) is 3.89. The summed E-state index contributed by atoms with van der Waals surface area (Å²) in [6.07, 6.45) is 6.50. The van der Waals surface area contributed by atoms with Crippen LogP contribution in [-0.4, -0.2) is 27.8 Å². The van der Waals surface area contributed by atoms with Crippen LogP contribution in [0.3, 0.4) is 0 Å². The average molecular weight is 264 g/mol. The first-order valence-electron chi connectivity index (χ1n) is 7.37. The molecule has 0 bridgehead atoms. The Kier molecular flexibility index (Phi) is 5.07. The maximum atomic E-state index is 5.94. The first-order valence-corrected chi connectivity index (χ1v) is 7.37. The molecule has 2 rings (SSSR count). The van der Waals surface area contributed by atoms with E-state index in [9.17, 15) is 0 Å². The van der Waals surface area contributed by atoms with Crippen LogP contribution in [0.25, 0.3) is 0 Å². The van der Waals surface area contributed by atoms with Gasteiger partial charge in [-0.25, -0.2) is 0 Å². The van der Waals surface area contributed by atoms with Gasteiger partial charge in [-0.05, 0) is 38.6 Å². The summed E-state index contributed by atoms with van der Waals surface area (Å²) < 4.78 is 5.94. The highest BCUT2D eigenvalue weighted by molar-refractivity contribution is 5.12. The van der Waals surface area contributed by atoms with E-state index >= 15 is 0 Å². The fourth-order valence-corrected chi connectivity index (χ4v) is 2.70. The van der Waals surface area contributed by atoms with Gasteiger partial charge in [-0.15, -0.1) is 5.10 Å². The molecule has 1 aliphatic rings. The Hall–Kier alpha value is -1.23. The Balaban J connectivity index is 2.09. The molecule has 1 aromatic heterocycles. The van der Waals surface area contributed by atoms with Crippen LogP contribution < -0.4 is 10.5 Å². The zero-order valence-electron chi connectivity index (χ0n) is 11.9. The number of hydrogen-bond donors (Lipinski definition) is 1. The molecule has 0 amide bonds. The molecule has 0 aliphatic heterocycles. The fourth-order valence-electron chi connectivity index (χ4n) is 2.70. The van der Waals surface area contributed by atoms with Gasteiger partial charge in [0.05, 0.1) is 11.4 Å². The van der Waals surface area contributed by atoms with E-state index in [1.165, 1.54) is 12.8 Å². The molecule has 1 aromatic rings. The Morgan fingerprint density at radius 2 is 1.84 bits per heavy atom. The molecule has 1 saturated carbocycles. The van der Waals surface area contributed by atoms with Gasteiger partial charge in [0.15, 0.2) is 0 Å². The molecule has 106 valence electrons. The summed E-state index contributed by atoms with van der Waals surface area (Å²) in [5.74, 6) is 0.424. The molecule has 19 heavy (non-hydrogen) atoms. The van der Waals surface area contributed by atoms with Crippen molar-refractivity contribution in [1.29, 1.82) is 0 Å². The highest BCUT2D eigenvalue weighted by Gasteiger charge is 2.26. The molecular weight excluding hydrogens is 240 g/mol. The van der Waals surface area contributed by atoms with Gasteiger partial charge >= 0.3 is 6.01 Å². The minimum Gasteiger partial charge on any atom is -0.459 e. The highest BCUT2D eigenvalue weighted by Crippen LogP contribution is 2.26. The van der Waals surface area contributed by atoms with E-state index in [0.29, 0.717) is 18.5 Å². The smallest absolute Gasteiger partial charge is 0.336 e. The predicted molar refractivity (Wildman–Crippen MR) is 74.0 cm³/mol. The van der Waals surface area contributed by atoms with Crippen molar-refractivity contribution in [2.75, 3.05) is 6.54 Å². The largest absolute Gasteiger partial charge is 0.459 e. The van der Waals surface area contributed by atoms with E-state index in [2.05, 4.69) is 29.0 Å². The molecule has 2 N–H and O–H groups in total. The van der Waals surface area contributed by atoms with E-state index in [0.717, 1.165) is 37.1 Å². The summed E-state index contributed by atoms with van der Waals surface area (Å²) in [5.41, 5.74) is 7.77. The van der Waals surface area contributed by atoms with Gasteiger partial charge < -0.3 is 10.5 Å². The van der Waals surface area contributed by atoms with Gasteiger partial charge in [0.25, 0.3) is 0 Å². The SMILES string of the molecule is CCc1nnc(OC2CCCCC2CN)nc1CC. The lowest BCUT2D eigenvalue weighted by Crippen LogP contribution is -2.35. The zero-order chi connectivity index (χ0) is 13.7. The Labute approximate surface area is 115 Å². The molecule has 5 nitrogen and oxygen atoms in total. The lowest BCUT2D eigenvalue weighted by molar-refractivity contribution is 0.0855. The average Bonchev–Trinajstić information content (AvgIpc) is 2.47. The zero-order valence-corrected chi connectivity index (χ0v) is 11.9. The van der Waals surface area contributed by atoms with Crippen molar-refractivity contribution in [2.45, 2.75) is 58.5 Å². The first kappa shape index (κ1) is 14.2. The molecule has 0 spiro atoms. The number of aromatic nitrogens is 3. The topological polar surface area (TPSA) is 73.9 Å². The summed E-state index contributed by atoms with van der Waals surface area (Å²) in [7, 11) is 0. The fraction of sp³-hybridized carbons (Fsp3) is 0.786. The normalized spacial score (nSPS) is 23.3. The van der Waals surface area contributed by atoms with E-state index < -0.39 is 0 Å². The van der Waals surface area contributed by atoms with Gasteiger partial charge in [-0.1, -0.05) is 25.4 Å². The van der Waals surface area contributed by atoms with Crippen molar-refractivity contribution in [3.8, 4) is 6.01 Å². The molecule has 0 saturated heterocycles. The van der Waals surface area contributed by atoms with Gasteiger partial charge in [0.1, 0.15) is 6.10 Å². The molecule has 1 heterocycles. The second-order valence-electron chi connectivity index (χ2n) is 5.13. The van der Waals surface area contributed by atoms with Crippen molar-refractivity contribution in [2.24, 2.45) is 11.7 Å². The highest BCUT2D eigenvalue weighted by atomic mass is 16.5. The van der Waals surface area contributed by atoms with E-state index in [-0.39, 0.29) is 6.10 Å². The van der Waals surface area contributed by atoms with Crippen molar-refractivity contribution in [3.05, 3.63) is 11.4 Å². The number of aryl methyl sites for hydroxylation is 2. The maximum absolute atomic E-state index is 5.94. The number of ether oxygens (including phenoxy) is 1. The molecule has 1 fully saturated rings. The van der Waals surface area contributed by atoms with E-state index in [1.807, 2.05) is 0 Å². The summed E-state index contributed by atoms with van der Waals surface area (Å²) in [6, 6.07) is 0.416. The van der Waals surface area contributed by atoms with Gasteiger partial charge in [-0.2, -0.15) is 4.98 Å². The Morgan fingerprint density at radius 3 is 2.53 bits per heavy atom. The van der Waals surface area contributed by atoms with Gasteiger partial charge in [-0.3, -0.25) is 0 Å². The number of rotatable bonds is 5. The number of nitrogens with zero attached hydrogens (tertiary/aromatic N) is 3. The monoisotopic (exact) mass is 264 g/mol. The standard InChI is InChI=1S/C14H24N4O/c1-3-11-12(4-2)17-18-14(16-11)19-13-8-6-5-7-10(13)9-15/h10,13H,3-9,15H2,1-2H3. The van der Waals surface area contributed by atoms with E-state index in [4.69, 9.17) is 10.5 Å². The van der Waals surface area contributed by atoms with Crippen molar-refractivity contribution >= 4 is 0 Å². The lowest BCUT2D eigenvalue weighted by atomic mass is 9.86. The Bertz CT molecular complexity index is 410. The minimum absolute atomic E-state index is 0.151. The quantitative estimate of drug-likeness (QED) is 0.879. The minimum atomic E-state index is 0.151. The van der Waals surface area contributed by atoms with Crippen molar-refractivity contribution in [1.82, 2.24) is 15.2 Å². The first-order chi connectivity index (χ1) is 9.28. The van der Waals surface area contributed by atoms with Gasteiger partial charge in [0.2, 0.25) is 0 Å². The van der Waals surface area contributed by atoms with Crippen LogP contribution >= 0.6 is 0 Å². The van der Waals surface area contributed by atoms with Crippen LogP contribution in [0.4, 0.5) is 0 Å². The van der Waals surface area contributed by atoms with Crippen LogP contribution in [0.15, 0.2) is 0 Å². The molecule has 1 aliphatic carbocycles. The number of hydrogen-bond acceptors (Lipinski definition) is 5. The van der Waals surface area contributed by atoms with Crippen LogP contribution in [-0.2, 0) is 12.8 Å². The lowest BCUT2D eigenvalue weighted by Gasteiger charge is -2.30. The molecule has 0 radical (unpaired) electrons. The van der Waals surface area contributed by atoms with Crippen LogP contribution in [0.5, 0.6) is 6.01 Å². The molecular formula is C14H24N4O. The summed E-state index contributed by atoms with van der Waals surface area (Å²) in [6.45, 7) is 4.82. The molecule has 5 heteroatoms. The van der Waals surface area contributed by atoms with Gasteiger partial charge in [0, 0.05) is 5.92 Å². The van der Waals surface area contributed by atoms with Crippen LogP contribution in [0, 0.1) is 5.92 Å². The predicted octanol–water partition coefficient (Wildman–Crippen LogP) is 1.89. The second kappa shape index (κ2) is 6.80. The maximum Gasteiger partial charge on any atom is 0.336 e.